The molecule has 0 bridgehead atoms. The first-order chi connectivity index (χ1) is 13.0. The Morgan fingerprint density at radius 3 is 2.37 bits per heavy atom. The highest BCUT2D eigenvalue weighted by Crippen LogP contribution is 2.36. The summed E-state index contributed by atoms with van der Waals surface area (Å²) in [7, 11) is 0. The second-order valence-electron chi connectivity index (χ2n) is 5.75. The van der Waals surface area contributed by atoms with Crippen molar-refractivity contribution in [1.82, 2.24) is 0 Å². The highest BCUT2D eigenvalue weighted by Gasteiger charge is 2.33. The zero-order valence-electron chi connectivity index (χ0n) is 14.3. The summed E-state index contributed by atoms with van der Waals surface area (Å²) >= 11 is 0. The number of hydrogen-bond donors (Lipinski definition) is 0. The molecule has 0 N–H and O–H groups in total. The minimum absolute atomic E-state index is 0.148. The van der Waals surface area contributed by atoms with Gasteiger partial charge in [0.15, 0.2) is 5.78 Å². The van der Waals surface area contributed by atoms with Gasteiger partial charge in [0.25, 0.3) is 0 Å². The Morgan fingerprint density at radius 1 is 1.04 bits per heavy atom. The number of carbonyl (C=O) groups is 3. The van der Waals surface area contributed by atoms with Crippen molar-refractivity contribution in [2.75, 3.05) is 0 Å². The van der Waals surface area contributed by atoms with Gasteiger partial charge in [0, 0.05) is 30.2 Å². The van der Waals surface area contributed by atoms with Gasteiger partial charge in [0.05, 0.1) is 5.92 Å². The van der Waals surface area contributed by atoms with Crippen LogP contribution in [0.5, 0.6) is 5.75 Å². The van der Waals surface area contributed by atoms with E-state index in [-0.39, 0.29) is 12.2 Å². The molecule has 0 amide bonds. The van der Waals surface area contributed by atoms with E-state index in [0.717, 1.165) is 12.2 Å². The van der Waals surface area contributed by atoms with Crippen LogP contribution in [0.2, 0.25) is 0 Å². The standard InChI is InChI=1S/C21H16O6/c1-3-20(23)25-14-7-5-13(6-8-14)19-12-17(22)16-11-15(26-21(24)4-2)9-10-18(16)27-19/h3-10,12,16H,1-2,11H2. The van der Waals surface area contributed by atoms with Gasteiger partial charge in [-0.3, -0.25) is 4.79 Å². The topological polar surface area (TPSA) is 78.9 Å². The van der Waals surface area contributed by atoms with Crippen LogP contribution in [-0.2, 0) is 23.9 Å². The van der Waals surface area contributed by atoms with Crippen LogP contribution in [0.3, 0.4) is 0 Å². The molecule has 0 radical (unpaired) electrons. The van der Waals surface area contributed by atoms with Gasteiger partial charge < -0.3 is 14.2 Å². The first-order valence-corrected chi connectivity index (χ1v) is 8.13. The van der Waals surface area contributed by atoms with Gasteiger partial charge in [0.1, 0.15) is 23.0 Å². The van der Waals surface area contributed by atoms with E-state index >= 15 is 0 Å². The SMILES string of the molecule is C=CC(=O)OC1=CC=C2OC(c3ccc(OC(=O)C=C)cc3)=CC(=O)C2C1. The quantitative estimate of drug-likeness (QED) is 0.453. The molecule has 0 saturated carbocycles. The largest absolute Gasteiger partial charge is 0.460 e. The second-order valence-corrected chi connectivity index (χ2v) is 5.75. The van der Waals surface area contributed by atoms with Crippen molar-refractivity contribution in [3.05, 3.63) is 84.9 Å². The number of rotatable bonds is 5. The predicted octanol–water partition coefficient (Wildman–Crippen LogP) is 3.24. The van der Waals surface area contributed by atoms with Crippen LogP contribution in [0.4, 0.5) is 0 Å². The van der Waals surface area contributed by atoms with E-state index in [1.54, 1.807) is 36.4 Å². The first kappa shape index (κ1) is 18.1. The average Bonchev–Trinajstić information content (AvgIpc) is 2.68. The van der Waals surface area contributed by atoms with Crippen LogP contribution >= 0.6 is 0 Å². The van der Waals surface area contributed by atoms with Crippen molar-refractivity contribution in [3.8, 4) is 5.75 Å². The van der Waals surface area contributed by atoms with Gasteiger partial charge >= 0.3 is 11.9 Å². The lowest BCUT2D eigenvalue weighted by atomic mass is 9.90. The number of ketones is 1. The highest BCUT2D eigenvalue weighted by molar-refractivity contribution is 6.01. The van der Waals surface area contributed by atoms with E-state index in [4.69, 9.17) is 14.2 Å². The van der Waals surface area contributed by atoms with Crippen molar-refractivity contribution in [2.45, 2.75) is 6.42 Å². The van der Waals surface area contributed by atoms with Crippen LogP contribution < -0.4 is 4.74 Å². The van der Waals surface area contributed by atoms with Gasteiger partial charge in [-0.2, -0.15) is 0 Å². The minimum Gasteiger partial charge on any atom is -0.460 e. The summed E-state index contributed by atoms with van der Waals surface area (Å²) in [5.41, 5.74) is 0.661. The third kappa shape index (κ3) is 4.12. The molecular weight excluding hydrogens is 348 g/mol. The van der Waals surface area contributed by atoms with Crippen molar-refractivity contribution < 1.29 is 28.6 Å². The third-order valence-corrected chi connectivity index (χ3v) is 3.95. The summed E-state index contributed by atoms with van der Waals surface area (Å²) < 4.78 is 15.9. The van der Waals surface area contributed by atoms with E-state index in [2.05, 4.69) is 13.2 Å². The van der Waals surface area contributed by atoms with Crippen molar-refractivity contribution >= 4 is 23.5 Å². The van der Waals surface area contributed by atoms with Gasteiger partial charge in [-0.05, 0) is 36.4 Å². The van der Waals surface area contributed by atoms with Gasteiger partial charge in [-0.1, -0.05) is 13.2 Å². The molecule has 6 nitrogen and oxygen atoms in total. The van der Waals surface area contributed by atoms with Crippen LogP contribution in [0.1, 0.15) is 12.0 Å². The number of allylic oxidation sites excluding steroid dienone is 5. The summed E-state index contributed by atoms with van der Waals surface area (Å²) in [5, 5.41) is 0. The summed E-state index contributed by atoms with van der Waals surface area (Å²) in [5.74, 6) is -0.184. The number of benzene rings is 1. The number of fused-ring (bicyclic) bond motifs is 1. The zero-order valence-corrected chi connectivity index (χ0v) is 14.3. The normalized spacial score (nSPS) is 18.0. The van der Waals surface area contributed by atoms with Crippen molar-refractivity contribution in [3.63, 3.8) is 0 Å². The Kier molecular flexibility index (Phi) is 5.17. The molecule has 0 fully saturated rings. The minimum atomic E-state index is -0.573. The molecule has 1 aliphatic carbocycles. The highest BCUT2D eigenvalue weighted by atomic mass is 16.5. The van der Waals surface area contributed by atoms with Crippen LogP contribution in [0, 0.1) is 5.92 Å². The Balaban J connectivity index is 1.77. The van der Waals surface area contributed by atoms with Crippen LogP contribution in [-0.4, -0.2) is 17.7 Å². The Morgan fingerprint density at radius 2 is 1.70 bits per heavy atom. The number of carbonyl (C=O) groups excluding carboxylic acids is 3. The molecule has 3 rings (SSSR count). The molecule has 1 aromatic rings. The Labute approximate surface area is 155 Å². The lowest BCUT2D eigenvalue weighted by molar-refractivity contribution is -0.134. The van der Waals surface area contributed by atoms with E-state index in [1.807, 2.05) is 0 Å². The maximum Gasteiger partial charge on any atom is 0.335 e. The average molecular weight is 364 g/mol. The molecule has 1 aromatic carbocycles. The molecule has 1 unspecified atom stereocenters. The summed E-state index contributed by atoms with van der Waals surface area (Å²) in [4.78, 5) is 35.0. The lowest BCUT2D eigenvalue weighted by Gasteiger charge is -2.27. The molecule has 1 atom stereocenters. The molecule has 0 saturated heterocycles. The first-order valence-electron chi connectivity index (χ1n) is 8.13. The Hall–Kier alpha value is -3.67. The van der Waals surface area contributed by atoms with Gasteiger partial charge in [-0.25, -0.2) is 9.59 Å². The fourth-order valence-corrected chi connectivity index (χ4v) is 2.63. The molecule has 1 heterocycles. The Bertz CT molecular complexity index is 914. The van der Waals surface area contributed by atoms with Gasteiger partial charge in [0.2, 0.25) is 0 Å². The monoisotopic (exact) mass is 364 g/mol. The smallest absolute Gasteiger partial charge is 0.335 e. The molecule has 1 aliphatic heterocycles. The van der Waals surface area contributed by atoms with E-state index in [1.165, 1.54) is 6.08 Å². The second kappa shape index (κ2) is 7.70. The maximum atomic E-state index is 12.5. The number of ether oxygens (including phenoxy) is 3. The fourth-order valence-electron chi connectivity index (χ4n) is 2.63. The molecule has 0 spiro atoms. The summed E-state index contributed by atoms with van der Waals surface area (Å²) in [6.45, 7) is 6.68. The molecular formula is C21H16O6. The zero-order chi connectivity index (χ0) is 19.4. The summed E-state index contributed by atoms with van der Waals surface area (Å²) in [6.07, 6.45) is 7.00. The van der Waals surface area contributed by atoms with E-state index in [0.29, 0.717) is 28.6 Å². The lowest BCUT2D eigenvalue weighted by Crippen LogP contribution is -2.24. The number of esters is 2. The number of hydrogen-bond acceptors (Lipinski definition) is 6. The molecule has 2 aliphatic rings. The summed E-state index contributed by atoms with van der Waals surface area (Å²) in [6, 6.07) is 6.56. The molecule has 0 aromatic heterocycles. The third-order valence-electron chi connectivity index (χ3n) is 3.95. The maximum absolute atomic E-state index is 12.5. The molecule has 27 heavy (non-hydrogen) atoms. The van der Waals surface area contributed by atoms with Crippen LogP contribution in [0.15, 0.2) is 79.3 Å². The van der Waals surface area contributed by atoms with Gasteiger partial charge in [-0.15, -0.1) is 0 Å². The van der Waals surface area contributed by atoms with Crippen LogP contribution in [0.25, 0.3) is 5.76 Å². The molecule has 6 heteroatoms. The van der Waals surface area contributed by atoms with E-state index in [9.17, 15) is 14.4 Å². The fraction of sp³-hybridized carbons (Fsp3) is 0.0952. The molecule has 136 valence electrons. The predicted molar refractivity (Wildman–Crippen MR) is 96.9 cm³/mol. The van der Waals surface area contributed by atoms with Crippen molar-refractivity contribution in [1.29, 1.82) is 0 Å². The van der Waals surface area contributed by atoms with Crippen molar-refractivity contribution in [2.24, 2.45) is 5.92 Å². The van der Waals surface area contributed by atoms with E-state index < -0.39 is 17.9 Å².